The molecule has 1 aliphatic carbocycles. The van der Waals surface area contributed by atoms with E-state index in [1.165, 1.54) is 0 Å². The van der Waals surface area contributed by atoms with Gasteiger partial charge in [-0.1, -0.05) is 6.42 Å². The molecule has 2 unspecified atom stereocenters. The van der Waals surface area contributed by atoms with Crippen LogP contribution in [0.3, 0.4) is 0 Å². The molecule has 4 heteroatoms. The topological polar surface area (TPSA) is 69.3 Å². The Balaban J connectivity index is 2.40. The van der Waals surface area contributed by atoms with E-state index in [9.17, 15) is 9.66 Å². The number of rotatable bonds is 1. The van der Waals surface area contributed by atoms with Crippen LogP contribution in [0.2, 0.25) is 0 Å². The van der Waals surface area contributed by atoms with Crippen LogP contribution in [0.15, 0.2) is 0 Å². The van der Waals surface area contributed by atoms with E-state index >= 15 is 0 Å². The molecular formula is C6H13NO2S. The van der Waals surface area contributed by atoms with Gasteiger partial charge in [-0.3, -0.25) is 0 Å². The zero-order valence-electron chi connectivity index (χ0n) is 5.82. The fraction of sp³-hybridized carbons (Fsp3) is 1.00. The molecule has 0 heterocycles. The van der Waals surface area contributed by atoms with Crippen molar-refractivity contribution in [3.8, 4) is 0 Å². The number of hydrogen-bond donors (Lipinski definition) is 2. The summed E-state index contributed by atoms with van der Waals surface area (Å²) >= 11 is -1.33. The summed E-state index contributed by atoms with van der Waals surface area (Å²) in [7, 11) is 0. The minimum Gasteiger partial charge on any atom is -0.598 e. The van der Waals surface area contributed by atoms with Gasteiger partial charge in [-0.2, -0.15) is 5.14 Å². The van der Waals surface area contributed by atoms with Gasteiger partial charge >= 0.3 is 0 Å². The van der Waals surface area contributed by atoms with Crippen LogP contribution < -0.4 is 5.14 Å². The molecule has 1 fully saturated rings. The van der Waals surface area contributed by atoms with Crippen LogP contribution in [0.5, 0.6) is 0 Å². The maximum Gasteiger partial charge on any atom is 0.160 e. The van der Waals surface area contributed by atoms with E-state index in [1.54, 1.807) is 0 Å². The molecule has 0 aromatic heterocycles. The molecule has 10 heavy (non-hydrogen) atoms. The first-order valence-corrected chi connectivity index (χ1v) is 4.82. The van der Waals surface area contributed by atoms with Crippen LogP contribution in [0.4, 0.5) is 0 Å². The first kappa shape index (κ1) is 8.33. The van der Waals surface area contributed by atoms with Gasteiger partial charge in [0.25, 0.3) is 0 Å². The highest BCUT2D eigenvalue weighted by Gasteiger charge is 2.31. The van der Waals surface area contributed by atoms with Crippen molar-refractivity contribution < 1.29 is 9.66 Å². The molecular weight excluding hydrogens is 150 g/mol. The summed E-state index contributed by atoms with van der Waals surface area (Å²) < 4.78 is 10.7. The van der Waals surface area contributed by atoms with Crippen LogP contribution in [-0.4, -0.2) is 21.0 Å². The quantitative estimate of drug-likeness (QED) is 0.531. The average Bonchev–Trinajstić information content (AvgIpc) is 1.88. The number of hydrogen-bond acceptors (Lipinski definition) is 3. The van der Waals surface area contributed by atoms with Crippen molar-refractivity contribution in [1.82, 2.24) is 0 Å². The lowest BCUT2D eigenvalue weighted by molar-refractivity contribution is 0.133. The minimum absolute atomic E-state index is 0.172. The minimum atomic E-state index is -1.33. The second kappa shape index (κ2) is 3.57. The molecule has 0 spiro atoms. The summed E-state index contributed by atoms with van der Waals surface area (Å²) in [6.07, 6.45) is 3.22. The Morgan fingerprint density at radius 1 is 1.40 bits per heavy atom. The van der Waals surface area contributed by atoms with Gasteiger partial charge in [0.1, 0.15) is 6.10 Å². The molecule has 0 bridgehead atoms. The Labute approximate surface area is 63.9 Å². The van der Waals surface area contributed by atoms with E-state index in [-0.39, 0.29) is 5.25 Å². The Kier molecular flexibility index (Phi) is 2.97. The average molecular weight is 163 g/mol. The van der Waals surface area contributed by atoms with Crippen LogP contribution in [-0.2, 0) is 11.4 Å². The number of aliphatic hydroxyl groups excluding tert-OH is 1. The second-order valence-electron chi connectivity index (χ2n) is 2.72. The van der Waals surface area contributed by atoms with E-state index in [0.717, 1.165) is 25.7 Å². The van der Waals surface area contributed by atoms with Gasteiger partial charge in [0.15, 0.2) is 5.25 Å². The van der Waals surface area contributed by atoms with Gasteiger partial charge < -0.3 is 9.66 Å². The van der Waals surface area contributed by atoms with E-state index in [0.29, 0.717) is 0 Å². The van der Waals surface area contributed by atoms with Crippen molar-refractivity contribution in [3.63, 3.8) is 0 Å². The van der Waals surface area contributed by atoms with Crippen molar-refractivity contribution in [2.75, 3.05) is 0 Å². The van der Waals surface area contributed by atoms with Gasteiger partial charge in [-0.15, -0.1) is 0 Å². The molecule has 1 rings (SSSR count). The molecule has 1 saturated carbocycles. The lowest BCUT2D eigenvalue weighted by atomic mass is 9.97. The van der Waals surface area contributed by atoms with Gasteiger partial charge in [0.05, 0.1) is 0 Å². The fourth-order valence-corrected chi connectivity index (χ4v) is 2.19. The van der Waals surface area contributed by atoms with Gasteiger partial charge in [-0.05, 0) is 19.3 Å². The predicted octanol–water partition coefficient (Wildman–Crippen LogP) is -0.0877. The first-order valence-electron chi connectivity index (χ1n) is 3.55. The molecule has 0 aromatic carbocycles. The molecule has 60 valence electrons. The Morgan fingerprint density at radius 3 is 2.40 bits per heavy atom. The third kappa shape index (κ3) is 1.85. The monoisotopic (exact) mass is 163 g/mol. The maximum atomic E-state index is 10.7. The van der Waals surface area contributed by atoms with Crippen molar-refractivity contribution in [2.24, 2.45) is 5.14 Å². The SMILES string of the molecule is N[S+]([O-])C1CCCC[C@@H]1O. The molecule has 3 atom stereocenters. The maximum absolute atomic E-state index is 10.7. The second-order valence-corrected chi connectivity index (χ2v) is 3.98. The molecule has 0 radical (unpaired) electrons. The van der Waals surface area contributed by atoms with Gasteiger partial charge in [-0.25, -0.2) is 0 Å². The molecule has 0 saturated heterocycles. The van der Waals surface area contributed by atoms with Gasteiger partial charge in [0.2, 0.25) is 0 Å². The molecule has 0 aromatic rings. The highest BCUT2D eigenvalue weighted by molar-refractivity contribution is 7.89. The molecule has 0 amide bonds. The Morgan fingerprint density at radius 2 is 2.00 bits per heavy atom. The van der Waals surface area contributed by atoms with Crippen molar-refractivity contribution in [1.29, 1.82) is 0 Å². The lowest BCUT2D eigenvalue weighted by Crippen LogP contribution is -2.40. The van der Waals surface area contributed by atoms with Crippen LogP contribution >= 0.6 is 0 Å². The van der Waals surface area contributed by atoms with E-state index in [2.05, 4.69) is 0 Å². The summed E-state index contributed by atoms with van der Waals surface area (Å²) in [5.41, 5.74) is 0. The smallest absolute Gasteiger partial charge is 0.160 e. The van der Waals surface area contributed by atoms with Crippen molar-refractivity contribution in [3.05, 3.63) is 0 Å². The third-order valence-electron chi connectivity index (χ3n) is 1.97. The predicted molar refractivity (Wildman–Crippen MR) is 40.6 cm³/mol. The van der Waals surface area contributed by atoms with E-state index < -0.39 is 17.5 Å². The summed E-state index contributed by atoms with van der Waals surface area (Å²) in [6.45, 7) is 0. The summed E-state index contributed by atoms with van der Waals surface area (Å²) in [4.78, 5) is 0. The van der Waals surface area contributed by atoms with Crippen LogP contribution in [0, 0.1) is 0 Å². The summed E-state index contributed by atoms with van der Waals surface area (Å²) in [5, 5.41) is 14.3. The molecule has 0 aliphatic heterocycles. The summed E-state index contributed by atoms with van der Waals surface area (Å²) in [6, 6.07) is 0. The highest BCUT2D eigenvalue weighted by Crippen LogP contribution is 2.22. The first-order chi connectivity index (χ1) is 4.72. The van der Waals surface area contributed by atoms with Crippen molar-refractivity contribution in [2.45, 2.75) is 37.0 Å². The van der Waals surface area contributed by atoms with Gasteiger partial charge in [0, 0.05) is 11.4 Å². The highest BCUT2D eigenvalue weighted by atomic mass is 32.2. The summed E-state index contributed by atoms with van der Waals surface area (Å²) in [5.74, 6) is 0. The third-order valence-corrected chi connectivity index (χ3v) is 3.11. The largest absolute Gasteiger partial charge is 0.598 e. The number of aliphatic hydroxyl groups is 1. The van der Waals surface area contributed by atoms with Crippen LogP contribution in [0.1, 0.15) is 25.7 Å². The van der Waals surface area contributed by atoms with E-state index in [4.69, 9.17) is 5.14 Å². The van der Waals surface area contributed by atoms with Crippen molar-refractivity contribution >= 4 is 11.4 Å². The van der Waals surface area contributed by atoms with Crippen LogP contribution in [0.25, 0.3) is 0 Å². The molecule has 1 aliphatic rings. The lowest BCUT2D eigenvalue weighted by Gasteiger charge is -2.26. The Bertz CT molecular complexity index is 110. The molecule has 3 N–H and O–H groups in total. The zero-order valence-corrected chi connectivity index (χ0v) is 6.64. The zero-order chi connectivity index (χ0) is 7.56. The number of nitrogens with two attached hydrogens (primary N) is 1. The van der Waals surface area contributed by atoms with E-state index in [1.807, 2.05) is 0 Å². The molecule has 3 nitrogen and oxygen atoms in total. The normalized spacial score (nSPS) is 37.5. The Hall–Kier alpha value is 0.230. The standard InChI is InChI=1S/C6H13NO2S/c7-10(9)6-4-2-1-3-5(6)8/h5-6,8H,1-4,7H2/t5-,6?,10?/m0/s1. The fourth-order valence-electron chi connectivity index (χ4n) is 1.35.